The van der Waals surface area contributed by atoms with Gasteiger partial charge in [0.2, 0.25) is 0 Å². The Kier molecular flexibility index (Phi) is 3.06. The molecule has 0 saturated carbocycles. The Morgan fingerprint density at radius 2 is 2.29 bits per heavy atom. The van der Waals surface area contributed by atoms with Gasteiger partial charge in [0.05, 0.1) is 0 Å². The van der Waals surface area contributed by atoms with Crippen LogP contribution in [0.15, 0.2) is 28.8 Å². The van der Waals surface area contributed by atoms with Crippen LogP contribution in [-0.2, 0) is 23.6 Å². The normalized spacial score (nSPS) is 12.5. The number of hydrogen-bond donors (Lipinski definition) is 3. The molecule has 0 unspecified atom stereocenters. The third kappa shape index (κ3) is 2.26. The molecule has 3 N–H and O–H groups in total. The van der Waals surface area contributed by atoms with E-state index in [4.69, 9.17) is 5.11 Å². The summed E-state index contributed by atoms with van der Waals surface area (Å²) in [5, 5.41) is 19.1. The molecule has 1 aromatic heterocycles. The molecule has 0 aliphatic rings. The standard InChI is InChI=1S/C11H10N2O3S/c14-7-1-2-9-8(4-7)6(5-12-9)3-10(13-17)11(15)16/h1-2,4-5,10,12,14H,3H2,(H,15,16)/t10-/m0/s1. The summed E-state index contributed by atoms with van der Waals surface area (Å²) in [4.78, 5) is 13.8. The number of phenolic OH excluding ortho intramolecular Hbond substituents is 1. The Morgan fingerprint density at radius 1 is 1.53 bits per heavy atom. The molecule has 0 radical (unpaired) electrons. The van der Waals surface area contributed by atoms with Gasteiger partial charge in [0.1, 0.15) is 5.75 Å². The van der Waals surface area contributed by atoms with Crippen LogP contribution in [0.5, 0.6) is 5.75 Å². The number of nitrogens with zero attached hydrogens (tertiary/aromatic N) is 1. The zero-order valence-electron chi connectivity index (χ0n) is 8.75. The van der Waals surface area contributed by atoms with Gasteiger partial charge in [-0.3, -0.25) is 0 Å². The summed E-state index contributed by atoms with van der Waals surface area (Å²) in [5.74, 6) is -0.907. The Hall–Kier alpha value is -1.95. The predicted octanol–water partition coefficient (Wildman–Crippen LogP) is 1.60. The van der Waals surface area contributed by atoms with Crippen LogP contribution < -0.4 is 0 Å². The maximum Gasteiger partial charge on any atom is 0.329 e. The van der Waals surface area contributed by atoms with Crippen molar-refractivity contribution in [2.75, 3.05) is 0 Å². The lowest BCUT2D eigenvalue weighted by atomic mass is 10.1. The molecule has 0 amide bonds. The highest BCUT2D eigenvalue weighted by atomic mass is 32.1. The van der Waals surface area contributed by atoms with Crippen molar-refractivity contribution in [1.82, 2.24) is 4.98 Å². The third-order valence-electron chi connectivity index (χ3n) is 2.58. The second-order valence-corrected chi connectivity index (χ2v) is 3.92. The molecule has 17 heavy (non-hydrogen) atoms. The number of carboxylic acids is 1. The van der Waals surface area contributed by atoms with Crippen molar-refractivity contribution in [2.24, 2.45) is 4.36 Å². The van der Waals surface area contributed by atoms with Crippen molar-refractivity contribution in [3.8, 4) is 5.75 Å². The molecule has 0 fully saturated rings. The molecule has 2 aromatic rings. The van der Waals surface area contributed by atoms with Crippen LogP contribution in [0.4, 0.5) is 0 Å². The van der Waals surface area contributed by atoms with E-state index >= 15 is 0 Å². The molecule has 1 aromatic carbocycles. The van der Waals surface area contributed by atoms with Crippen molar-refractivity contribution >= 4 is 29.3 Å². The first kappa shape index (κ1) is 11.5. The number of H-pyrrole nitrogens is 1. The number of hydrogen-bond acceptors (Lipinski definition) is 4. The molecule has 5 nitrogen and oxygen atoms in total. The van der Waals surface area contributed by atoms with E-state index in [-0.39, 0.29) is 12.2 Å². The van der Waals surface area contributed by atoms with Crippen molar-refractivity contribution < 1.29 is 15.0 Å². The average molecular weight is 250 g/mol. The number of carboxylic acid groups (broad SMARTS) is 1. The van der Waals surface area contributed by atoms with Gasteiger partial charge in [-0.2, -0.15) is 0 Å². The summed E-state index contributed by atoms with van der Waals surface area (Å²) >= 11 is 4.46. The summed E-state index contributed by atoms with van der Waals surface area (Å²) in [5.41, 5.74) is 1.61. The molecule has 0 bridgehead atoms. The zero-order chi connectivity index (χ0) is 12.4. The van der Waals surface area contributed by atoms with Gasteiger partial charge >= 0.3 is 5.97 Å². The fourth-order valence-corrected chi connectivity index (χ4v) is 1.88. The highest BCUT2D eigenvalue weighted by Gasteiger charge is 2.18. The molecule has 0 aliphatic heterocycles. The molecular formula is C11H10N2O3S. The van der Waals surface area contributed by atoms with Crippen molar-refractivity contribution in [3.05, 3.63) is 30.0 Å². The number of aromatic amines is 1. The second-order valence-electron chi connectivity index (χ2n) is 3.71. The highest BCUT2D eigenvalue weighted by molar-refractivity contribution is 7.47. The van der Waals surface area contributed by atoms with Gasteiger partial charge in [-0.1, -0.05) is 0 Å². The Balaban J connectivity index is 2.38. The fourth-order valence-electron chi connectivity index (χ4n) is 1.71. The Bertz CT molecular complexity index is 579. The lowest BCUT2D eigenvalue weighted by molar-refractivity contribution is -0.138. The van der Waals surface area contributed by atoms with E-state index in [9.17, 15) is 9.90 Å². The SMILES string of the molecule is O=C(O)[C@H](Cc1c[nH]c2ccc(O)cc12)N=S. The monoisotopic (exact) mass is 250 g/mol. The first-order valence-corrected chi connectivity index (χ1v) is 5.32. The van der Waals surface area contributed by atoms with Gasteiger partial charge in [-0.15, -0.1) is 0 Å². The van der Waals surface area contributed by atoms with Gasteiger partial charge < -0.3 is 15.2 Å². The summed E-state index contributed by atoms with van der Waals surface area (Å²) in [7, 11) is 0. The van der Waals surface area contributed by atoms with Gasteiger partial charge in [0.15, 0.2) is 6.04 Å². The Labute approximate surface area is 102 Å². The van der Waals surface area contributed by atoms with E-state index < -0.39 is 12.0 Å². The van der Waals surface area contributed by atoms with Crippen LogP contribution in [0.1, 0.15) is 5.56 Å². The summed E-state index contributed by atoms with van der Waals surface area (Å²) < 4.78 is 3.40. The lowest BCUT2D eigenvalue weighted by Crippen LogP contribution is -2.19. The maximum atomic E-state index is 10.8. The summed E-state index contributed by atoms with van der Waals surface area (Å²) in [6, 6.07) is 3.94. The van der Waals surface area contributed by atoms with E-state index in [2.05, 4.69) is 21.8 Å². The minimum Gasteiger partial charge on any atom is -0.508 e. The molecule has 1 atom stereocenters. The summed E-state index contributed by atoms with van der Waals surface area (Å²) in [6.45, 7) is 0. The number of fused-ring (bicyclic) bond motifs is 1. The van der Waals surface area contributed by atoms with Crippen LogP contribution in [0.2, 0.25) is 0 Å². The number of carbonyl (C=O) groups is 1. The zero-order valence-corrected chi connectivity index (χ0v) is 9.57. The first-order valence-electron chi connectivity index (χ1n) is 4.96. The summed E-state index contributed by atoms with van der Waals surface area (Å²) in [6.07, 6.45) is 1.92. The fraction of sp³-hybridized carbons (Fsp3) is 0.182. The number of aromatic hydroxyl groups is 1. The van der Waals surface area contributed by atoms with Gasteiger partial charge in [0, 0.05) is 35.9 Å². The van der Waals surface area contributed by atoms with Gasteiger partial charge in [-0.25, -0.2) is 9.16 Å². The van der Waals surface area contributed by atoms with E-state index in [1.54, 1.807) is 24.4 Å². The smallest absolute Gasteiger partial charge is 0.329 e. The molecule has 0 saturated heterocycles. The number of aliphatic carboxylic acids is 1. The van der Waals surface area contributed by atoms with Crippen LogP contribution >= 0.6 is 0 Å². The van der Waals surface area contributed by atoms with Gasteiger partial charge in [0.25, 0.3) is 0 Å². The number of rotatable bonds is 4. The van der Waals surface area contributed by atoms with E-state index in [0.717, 1.165) is 16.5 Å². The third-order valence-corrected chi connectivity index (χ3v) is 2.83. The minimum absolute atomic E-state index is 0.139. The van der Waals surface area contributed by atoms with Crippen LogP contribution in [0.25, 0.3) is 10.9 Å². The molecule has 1 heterocycles. The second kappa shape index (κ2) is 4.50. The Morgan fingerprint density at radius 3 is 2.94 bits per heavy atom. The number of benzene rings is 1. The quantitative estimate of drug-likeness (QED) is 0.769. The molecular weight excluding hydrogens is 240 g/mol. The van der Waals surface area contributed by atoms with Crippen molar-refractivity contribution in [2.45, 2.75) is 12.5 Å². The minimum atomic E-state index is -1.05. The van der Waals surface area contributed by atoms with Crippen molar-refractivity contribution in [1.29, 1.82) is 0 Å². The molecule has 2 rings (SSSR count). The van der Waals surface area contributed by atoms with E-state index in [1.165, 1.54) is 0 Å². The average Bonchev–Trinajstić information content (AvgIpc) is 2.68. The van der Waals surface area contributed by atoms with E-state index in [1.807, 2.05) is 0 Å². The maximum absolute atomic E-state index is 10.8. The topological polar surface area (TPSA) is 85.7 Å². The molecule has 0 spiro atoms. The first-order chi connectivity index (χ1) is 8.11. The number of nitrogens with one attached hydrogen (secondary N) is 1. The highest BCUT2D eigenvalue weighted by Crippen LogP contribution is 2.24. The lowest BCUT2D eigenvalue weighted by Gasteiger charge is -2.04. The van der Waals surface area contributed by atoms with E-state index in [0.29, 0.717) is 0 Å². The number of aromatic nitrogens is 1. The largest absolute Gasteiger partial charge is 0.508 e. The van der Waals surface area contributed by atoms with Crippen LogP contribution in [-0.4, -0.2) is 27.2 Å². The van der Waals surface area contributed by atoms with Crippen molar-refractivity contribution in [3.63, 3.8) is 0 Å². The predicted molar refractivity (Wildman–Crippen MR) is 64.9 cm³/mol. The van der Waals surface area contributed by atoms with Gasteiger partial charge in [-0.05, 0) is 23.8 Å². The molecule has 6 heteroatoms. The van der Waals surface area contributed by atoms with Crippen LogP contribution in [0, 0.1) is 0 Å². The number of phenols is 1. The molecule has 88 valence electrons. The molecule has 0 aliphatic carbocycles. The van der Waals surface area contributed by atoms with Crippen LogP contribution in [0.3, 0.4) is 0 Å².